The molecule has 3 N–H and O–H groups in total. The second-order valence-corrected chi connectivity index (χ2v) is 5.08. The van der Waals surface area contributed by atoms with E-state index in [1.54, 1.807) is 0 Å². The summed E-state index contributed by atoms with van der Waals surface area (Å²) in [7, 11) is 0. The molecule has 1 aliphatic heterocycles. The highest BCUT2D eigenvalue weighted by Crippen LogP contribution is 2.22. The number of para-hydroxylation sites is 1. The topological polar surface area (TPSA) is 79.3 Å². The fourth-order valence-corrected chi connectivity index (χ4v) is 2.48. The van der Waals surface area contributed by atoms with Crippen molar-refractivity contribution in [3.8, 4) is 0 Å². The molecule has 1 aliphatic rings. The Morgan fingerprint density at radius 1 is 1.24 bits per heavy atom. The highest BCUT2D eigenvalue weighted by atomic mass is 16.5. The van der Waals surface area contributed by atoms with Gasteiger partial charge in [0, 0.05) is 25.1 Å². The lowest BCUT2D eigenvalue weighted by Gasteiger charge is -2.13. The Morgan fingerprint density at radius 3 is 2.95 bits per heavy atom. The van der Waals surface area contributed by atoms with Gasteiger partial charge < -0.3 is 20.5 Å². The molecule has 112 valence electrons. The van der Waals surface area contributed by atoms with Crippen LogP contribution in [0.3, 0.4) is 0 Å². The summed E-state index contributed by atoms with van der Waals surface area (Å²) >= 11 is 0. The van der Waals surface area contributed by atoms with Gasteiger partial charge >= 0.3 is 0 Å². The number of benzene rings is 1. The Morgan fingerprint density at radius 2 is 2.14 bits per heavy atom. The van der Waals surface area contributed by atoms with Crippen molar-refractivity contribution in [2.24, 2.45) is 0 Å². The summed E-state index contributed by atoms with van der Waals surface area (Å²) in [6, 6.07) is 7.83. The van der Waals surface area contributed by atoms with E-state index in [9.17, 15) is 0 Å². The monoisotopic (exact) mass is 288 g/mol. The van der Waals surface area contributed by atoms with Gasteiger partial charge in [-0.3, -0.25) is 0 Å². The van der Waals surface area contributed by atoms with Crippen molar-refractivity contribution in [2.75, 3.05) is 36.9 Å². The molecular formula is C15H20N4O2. The van der Waals surface area contributed by atoms with Gasteiger partial charge in [-0.25, -0.2) is 4.98 Å². The van der Waals surface area contributed by atoms with Crippen molar-refractivity contribution in [1.82, 2.24) is 9.97 Å². The lowest BCUT2D eigenvalue weighted by Crippen LogP contribution is -2.20. The fourth-order valence-electron chi connectivity index (χ4n) is 2.48. The van der Waals surface area contributed by atoms with Crippen molar-refractivity contribution in [3.05, 3.63) is 24.3 Å². The average Bonchev–Trinajstić information content (AvgIpc) is 3.04. The summed E-state index contributed by atoms with van der Waals surface area (Å²) in [6.45, 7) is 2.09. The molecule has 0 spiro atoms. The molecule has 1 aromatic carbocycles. The minimum absolute atomic E-state index is 0.0665. The second-order valence-electron chi connectivity index (χ2n) is 5.08. The minimum atomic E-state index is 0.0665. The predicted molar refractivity (Wildman–Crippen MR) is 82.6 cm³/mol. The summed E-state index contributed by atoms with van der Waals surface area (Å²) in [4.78, 5) is 9.02. The summed E-state index contributed by atoms with van der Waals surface area (Å²) in [5.41, 5.74) is 0.878. The quantitative estimate of drug-likeness (QED) is 0.749. The Hall–Kier alpha value is -1.92. The molecule has 0 bridgehead atoms. The van der Waals surface area contributed by atoms with Gasteiger partial charge in [0.2, 0.25) is 5.95 Å². The third-order valence-electron chi connectivity index (χ3n) is 3.52. The van der Waals surface area contributed by atoms with Crippen LogP contribution in [0.2, 0.25) is 0 Å². The summed E-state index contributed by atoms with van der Waals surface area (Å²) in [5.74, 6) is 1.33. The lowest BCUT2D eigenvalue weighted by atomic mass is 10.2. The standard InChI is InChI=1S/C15H20N4O2/c20-8-7-16-14-12-5-1-2-6-13(12)18-15(19-14)17-10-11-4-3-9-21-11/h1-2,5-6,11,20H,3-4,7-10H2,(H2,16,17,18,19). The van der Waals surface area contributed by atoms with E-state index in [-0.39, 0.29) is 12.7 Å². The molecule has 2 aromatic rings. The Bertz CT molecular complexity index is 599. The first-order valence-electron chi connectivity index (χ1n) is 7.34. The molecule has 6 nitrogen and oxygen atoms in total. The molecule has 21 heavy (non-hydrogen) atoms. The number of hydrogen-bond donors (Lipinski definition) is 3. The molecule has 0 amide bonds. The van der Waals surface area contributed by atoms with E-state index in [0.29, 0.717) is 12.5 Å². The normalized spacial score (nSPS) is 18.0. The van der Waals surface area contributed by atoms with Crippen molar-refractivity contribution >= 4 is 22.7 Å². The molecule has 2 heterocycles. The van der Waals surface area contributed by atoms with Crippen LogP contribution < -0.4 is 10.6 Å². The van der Waals surface area contributed by atoms with Crippen LogP contribution in [0.25, 0.3) is 10.9 Å². The second kappa shape index (κ2) is 6.69. The maximum Gasteiger partial charge on any atom is 0.225 e. The number of fused-ring (bicyclic) bond motifs is 1. The zero-order valence-corrected chi connectivity index (χ0v) is 11.9. The first kappa shape index (κ1) is 14.0. The Labute approximate surface area is 123 Å². The smallest absolute Gasteiger partial charge is 0.225 e. The SMILES string of the molecule is OCCNc1nc(NCC2CCCO2)nc2ccccc12. The van der Waals surface area contributed by atoms with E-state index in [1.807, 2.05) is 24.3 Å². The maximum absolute atomic E-state index is 8.98. The number of rotatable bonds is 6. The molecule has 0 saturated carbocycles. The minimum Gasteiger partial charge on any atom is -0.395 e. The highest BCUT2D eigenvalue weighted by molar-refractivity contribution is 5.89. The van der Waals surface area contributed by atoms with E-state index >= 15 is 0 Å². The molecule has 1 atom stereocenters. The van der Waals surface area contributed by atoms with E-state index in [4.69, 9.17) is 9.84 Å². The van der Waals surface area contributed by atoms with Crippen LogP contribution in [-0.2, 0) is 4.74 Å². The van der Waals surface area contributed by atoms with Crippen LogP contribution in [0.1, 0.15) is 12.8 Å². The van der Waals surface area contributed by atoms with Gasteiger partial charge in [0.1, 0.15) is 5.82 Å². The number of anilines is 2. The predicted octanol–water partition coefficient (Wildman–Crippen LogP) is 1.62. The third kappa shape index (κ3) is 3.40. The number of nitrogens with zero attached hydrogens (tertiary/aromatic N) is 2. The molecule has 0 aliphatic carbocycles. The van der Waals surface area contributed by atoms with Gasteiger partial charge in [-0.1, -0.05) is 12.1 Å². The number of aliphatic hydroxyl groups excluding tert-OH is 1. The Kier molecular flexibility index (Phi) is 4.47. The maximum atomic E-state index is 8.98. The summed E-state index contributed by atoms with van der Waals surface area (Å²) in [5, 5.41) is 16.3. The van der Waals surface area contributed by atoms with Gasteiger partial charge in [-0.2, -0.15) is 4.98 Å². The summed E-state index contributed by atoms with van der Waals surface area (Å²) in [6.07, 6.45) is 2.44. The van der Waals surface area contributed by atoms with Crippen LogP contribution in [0.15, 0.2) is 24.3 Å². The van der Waals surface area contributed by atoms with Crippen molar-refractivity contribution in [3.63, 3.8) is 0 Å². The van der Waals surface area contributed by atoms with Crippen molar-refractivity contribution in [2.45, 2.75) is 18.9 Å². The van der Waals surface area contributed by atoms with Crippen LogP contribution in [0, 0.1) is 0 Å². The zero-order chi connectivity index (χ0) is 14.5. The first-order valence-corrected chi connectivity index (χ1v) is 7.34. The highest BCUT2D eigenvalue weighted by Gasteiger charge is 2.16. The number of hydrogen-bond acceptors (Lipinski definition) is 6. The van der Waals surface area contributed by atoms with Gasteiger partial charge in [-0.05, 0) is 25.0 Å². The lowest BCUT2D eigenvalue weighted by molar-refractivity contribution is 0.120. The summed E-state index contributed by atoms with van der Waals surface area (Å²) < 4.78 is 5.59. The zero-order valence-electron chi connectivity index (χ0n) is 11.9. The largest absolute Gasteiger partial charge is 0.395 e. The third-order valence-corrected chi connectivity index (χ3v) is 3.52. The van der Waals surface area contributed by atoms with Gasteiger partial charge in [0.05, 0.1) is 18.2 Å². The average molecular weight is 288 g/mol. The number of ether oxygens (including phenoxy) is 1. The molecule has 0 radical (unpaired) electrons. The van der Waals surface area contributed by atoms with E-state index in [2.05, 4.69) is 20.6 Å². The van der Waals surface area contributed by atoms with Crippen LogP contribution in [0.5, 0.6) is 0 Å². The van der Waals surface area contributed by atoms with Crippen LogP contribution >= 0.6 is 0 Å². The molecule has 1 saturated heterocycles. The van der Waals surface area contributed by atoms with Crippen LogP contribution in [0.4, 0.5) is 11.8 Å². The molecule has 3 rings (SSSR count). The van der Waals surface area contributed by atoms with Crippen molar-refractivity contribution in [1.29, 1.82) is 0 Å². The molecular weight excluding hydrogens is 268 g/mol. The van der Waals surface area contributed by atoms with E-state index < -0.39 is 0 Å². The van der Waals surface area contributed by atoms with E-state index in [1.165, 1.54) is 0 Å². The van der Waals surface area contributed by atoms with Gasteiger partial charge in [-0.15, -0.1) is 0 Å². The number of nitrogens with one attached hydrogen (secondary N) is 2. The van der Waals surface area contributed by atoms with E-state index in [0.717, 1.165) is 42.7 Å². The fraction of sp³-hybridized carbons (Fsp3) is 0.467. The van der Waals surface area contributed by atoms with Gasteiger partial charge in [0.15, 0.2) is 0 Å². The van der Waals surface area contributed by atoms with Crippen molar-refractivity contribution < 1.29 is 9.84 Å². The Balaban J connectivity index is 1.80. The number of aliphatic hydroxyl groups is 1. The molecule has 1 aromatic heterocycles. The molecule has 1 fully saturated rings. The van der Waals surface area contributed by atoms with Crippen LogP contribution in [-0.4, -0.2) is 47.5 Å². The molecule has 6 heteroatoms. The molecule has 1 unspecified atom stereocenters. The van der Waals surface area contributed by atoms with Gasteiger partial charge in [0.25, 0.3) is 0 Å². The number of aromatic nitrogens is 2. The first-order chi connectivity index (χ1) is 10.4.